The molecule has 2 atom stereocenters. The molecule has 0 saturated heterocycles. The zero-order valence-electron chi connectivity index (χ0n) is 24.9. The summed E-state index contributed by atoms with van der Waals surface area (Å²) in [4.78, 5) is 55.0. The number of amides is 3. The van der Waals surface area contributed by atoms with Crippen LogP contribution in [-0.2, 0) is 32.0 Å². The van der Waals surface area contributed by atoms with Crippen molar-refractivity contribution in [1.29, 1.82) is 0 Å². The van der Waals surface area contributed by atoms with E-state index in [2.05, 4.69) is 20.9 Å². The van der Waals surface area contributed by atoms with Crippen molar-refractivity contribution in [2.24, 2.45) is 23.7 Å². The molecule has 3 aromatic rings. The molecule has 44 heavy (non-hydrogen) atoms. The molecule has 0 radical (unpaired) electrons. The minimum Gasteiger partial charge on any atom is -0.480 e. The van der Waals surface area contributed by atoms with Gasteiger partial charge in [-0.15, -0.1) is 0 Å². The van der Waals surface area contributed by atoms with Crippen molar-refractivity contribution in [2.75, 3.05) is 6.54 Å². The van der Waals surface area contributed by atoms with Gasteiger partial charge in [-0.25, -0.2) is 4.79 Å². The molecule has 1 aromatic heterocycles. The van der Waals surface area contributed by atoms with Crippen LogP contribution in [0.2, 0.25) is 0 Å². The molecule has 2 aromatic carbocycles. The van der Waals surface area contributed by atoms with Crippen LogP contribution in [0.1, 0.15) is 48.9 Å². The predicted molar refractivity (Wildman–Crippen MR) is 164 cm³/mol. The number of carbonyl (C=O) groups is 4. The van der Waals surface area contributed by atoms with Crippen LogP contribution in [0, 0.1) is 30.6 Å². The summed E-state index contributed by atoms with van der Waals surface area (Å²) in [6.07, 6.45) is 5.21. The number of nitrogens with one attached hydrogen (secondary N) is 4. The van der Waals surface area contributed by atoms with E-state index in [4.69, 9.17) is 9.84 Å². The van der Waals surface area contributed by atoms with Crippen molar-refractivity contribution in [3.05, 3.63) is 71.4 Å². The average Bonchev–Trinajstić information content (AvgIpc) is 3.31. The van der Waals surface area contributed by atoms with Crippen molar-refractivity contribution in [2.45, 2.75) is 70.1 Å². The Morgan fingerprint density at radius 2 is 1.48 bits per heavy atom. The number of carboxylic acids is 1. The fourth-order valence-electron chi connectivity index (χ4n) is 8.00. The Hall–Kier alpha value is -4.34. The maximum Gasteiger partial charge on any atom is 0.408 e. The lowest BCUT2D eigenvalue weighted by atomic mass is 9.55. The molecule has 7 rings (SSSR count). The third-order valence-electron chi connectivity index (χ3n) is 9.76. The van der Waals surface area contributed by atoms with Crippen molar-refractivity contribution in [1.82, 2.24) is 20.9 Å². The summed E-state index contributed by atoms with van der Waals surface area (Å²) >= 11 is 0. The molecule has 4 aliphatic carbocycles. The first-order valence-corrected chi connectivity index (χ1v) is 15.6. The number of hydrogen-bond acceptors (Lipinski definition) is 5. The van der Waals surface area contributed by atoms with E-state index in [1.807, 2.05) is 61.5 Å². The van der Waals surface area contributed by atoms with Crippen molar-refractivity contribution >= 4 is 34.8 Å². The Morgan fingerprint density at radius 3 is 2.16 bits per heavy atom. The number of aromatic amines is 1. The lowest BCUT2D eigenvalue weighted by molar-refractivity contribution is -0.138. The SMILES string of the molecule is Cc1[nH]c2ccccc2c1C[C@@H](NC(=O)OC1C2CC3CC(C2)CC1C3)C(=O)N[C@@H](Cc1ccccc1)C(=O)NCC(=O)O. The van der Waals surface area contributed by atoms with Gasteiger partial charge in [-0.05, 0) is 79.9 Å². The van der Waals surface area contributed by atoms with E-state index < -0.39 is 42.5 Å². The molecular weight excluding hydrogens is 560 g/mol. The van der Waals surface area contributed by atoms with E-state index in [0.29, 0.717) is 11.8 Å². The topological polar surface area (TPSA) is 150 Å². The first-order chi connectivity index (χ1) is 21.2. The second-order valence-electron chi connectivity index (χ2n) is 12.8. The molecule has 3 amide bonds. The highest BCUT2D eigenvalue weighted by atomic mass is 16.6. The third-order valence-corrected chi connectivity index (χ3v) is 9.76. The van der Waals surface area contributed by atoms with Crippen LogP contribution >= 0.6 is 0 Å². The zero-order chi connectivity index (χ0) is 30.8. The molecule has 0 aliphatic heterocycles. The number of aliphatic carboxylic acids is 1. The number of fused-ring (bicyclic) bond motifs is 1. The van der Waals surface area contributed by atoms with Crippen molar-refractivity contribution in [3.8, 4) is 0 Å². The van der Waals surface area contributed by atoms with Gasteiger partial charge in [0.1, 0.15) is 24.7 Å². The summed E-state index contributed by atoms with van der Waals surface area (Å²) in [5.74, 6) is -0.159. The number of benzene rings is 2. The number of carboxylic acid groups (broad SMARTS) is 1. The number of H-pyrrole nitrogens is 1. The lowest BCUT2D eigenvalue weighted by Crippen LogP contribution is -2.56. The van der Waals surface area contributed by atoms with Crippen molar-refractivity contribution in [3.63, 3.8) is 0 Å². The molecule has 4 aliphatic rings. The molecule has 0 unspecified atom stereocenters. The van der Waals surface area contributed by atoms with Gasteiger partial charge in [-0.2, -0.15) is 0 Å². The Morgan fingerprint density at radius 1 is 0.841 bits per heavy atom. The number of para-hydroxylation sites is 1. The zero-order valence-corrected chi connectivity index (χ0v) is 24.9. The van der Waals surface area contributed by atoms with E-state index in [-0.39, 0.29) is 18.9 Å². The maximum absolute atomic E-state index is 13.9. The van der Waals surface area contributed by atoms with Crippen LogP contribution in [0.5, 0.6) is 0 Å². The monoisotopic (exact) mass is 600 g/mol. The van der Waals surface area contributed by atoms with Gasteiger partial charge >= 0.3 is 12.1 Å². The van der Waals surface area contributed by atoms with Gasteiger partial charge in [0.2, 0.25) is 11.8 Å². The number of ether oxygens (including phenoxy) is 1. The molecule has 0 spiro atoms. The fraction of sp³-hybridized carbons (Fsp3) is 0.471. The molecule has 4 saturated carbocycles. The highest BCUT2D eigenvalue weighted by Crippen LogP contribution is 2.54. The Balaban J connectivity index is 1.22. The maximum atomic E-state index is 13.9. The van der Waals surface area contributed by atoms with Gasteiger partial charge in [0.05, 0.1) is 0 Å². The number of aryl methyl sites for hydroxylation is 1. The van der Waals surface area contributed by atoms with Gasteiger partial charge in [0.15, 0.2) is 0 Å². The van der Waals surface area contributed by atoms with Crippen LogP contribution < -0.4 is 16.0 Å². The predicted octanol–water partition coefficient (Wildman–Crippen LogP) is 3.87. The highest BCUT2D eigenvalue weighted by Gasteiger charge is 2.50. The fourth-order valence-corrected chi connectivity index (χ4v) is 8.00. The van der Waals surface area contributed by atoms with Gasteiger partial charge in [-0.3, -0.25) is 14.4 Å². The number of aromatic nitrogens is 1. The van der Waals surface area contributed by atoms with E-state index in [0.717, 1.165) is 65.2 Å². The third kappa shape index (κ3) is 6.59. The molecule has 232 valence electrons. The molecule has 5 N–H and O–H groups in total. The van der Waals surface area contributed by atoms with Crippen molar-refractivity contribution < 1.29 is 29.0 Å². The van der Waals surface area contributed by atoms with E-state index in [1.165, 1.54) is 6.42 Å². The molecule has 4 fully saturated rings. The molecule has 1 heterocycles. The summed E-state index contributed by atoms with van der Waals surface area (Å²) in [6, 6.07) is 14.8. The summed E-state index contributed by atoms with van der Waals surface area (Å²) < 4.78 is 6.08. The Labute approximate surface area is 256 Å². The number of carbonyl (C=O) groups excluding carboxylic acids is 3. The Bertz CT molecular complexity index is 1510. The van der Waals surface area contributed by atoms with Crippen LogP contribution in [0.3, 0.4) is 0 Å². The van der Waals surface area contributed by atoms with Crippen LogP contribution in [0.4, 0.5) is 4.79 Å². The molecule has 4 bridgehead atoms. The summed E-state index contributed by atoms with van der Waals surface area (Å²) in [7, 11) is 0. The first kappa shape index (κ1) is 29.7. The summed E-state index contributed by atoms with van der Waals surface area (Å²) in [5, 5.41) is 18.1. The molecule has 10 heteroatoms. The second kappa shape index (κ2) is 12.7. The second-order valence-corrected chi connectivity index (χ2v) is 12.8. The number of alkyl carbamates (subject to hydrolysis) is 1. The Kier molecular flexibility index (Phi) is 8.59. The van der Waals surface area contributed by atoms with E-state index in [1.54, 1.807) is 0 Å². The highest BCUT2D eigenvalue weighted by molar-refractivity contribution is 5.93. The van der Waals surface area contributed by atoms with Gasteiger partial charge in [0, 0.05) is 29.4 Å². The van der Waals surface area contributed by atoms with E-state index >= 15 is 0 Å². The number of rotatable bonds is 11. The van der Waals surface area contributed by atoms with Crippen LogP contribution in [0.15, 0.2) is 54.6 Å². The van der Waals surface area contributed by atoms with Crippen LogP contribution in [-0.4, -0.2) is 58.7 Å². The van der Waals surface area contributed by atoms with E-state index in [9.17, 15) is 19.2 Å². The quantitative estimate of drug-likeness (QED) is 0.226. The molecule has 10 nitrogen and oxygen atoms in total. The average molecular weight is 601 g/mol. The minimum atomic E-state index is -1.19. The normalized spacial score (nSPS) is 24.8. The van der Waals surface area contributed by atoms with Gasteiger partial charge < -0.3 is 30.8 Å². The molecular formula is C34H40N4O6. The van der Waals surface area contributed by atoms with Crippen LogP contribution in [0.25, 0.3) is 10.9 Å². The summed E-state index contributed by atoms with van der Waals surface area (Å²) in [5.41, 5.74) is 3.47. The summed E-state index contributed by atoms with van der Waals surface area (Å²) in [6.45, 7) is 1.35. The largest absolute Gasteiger partial charge is 0.480 e. The lowest BCUT2D eigenvalue weighted by Gasteiger charge is -2.53. The minimum absolute atomic E-state index is 0.144. The van der Waals surface area contributed by atoms with Gasteiger partial charge in [0.25, 0.3) is 0 Å². The number of hydrogen-bond donors (Lipinski definition) is 5. The smallest absolute Gasteiger partial charge is 0.408 e. The van der Waals surface area contributed by atoms with Gasteiger partial charge in [-0.1, -0.05) is 48.5 Å². The first-order valence-electron chi connectivity index (χ1n) is 15.6. The standard InChI is InChI=1S/C34H40N4O6/c1-19-26(25-9-5-6-10-27(25)36-19)17-29(38-34(43)44-31-23-12-21-11-22(14-23)15-24(31)13-21)33(42)37-28(32(41)35-18-30(39)40)16-20-7-3-2-4-8-20/h2-10,21-24,28-29,31,36H,11-18H2,1H3,(H,35,41)(H,37,42)(H,38,43)(H,39,40)/t21?,22?,23?,24?,28-,29+,31?/m0/s1.